The zero-order valence-corrected chi connectivity index (χ0v) is 13.6. The van der Waals surface area contributed by atoms with Crippen LogP contribution >= 0.6 is 11.3 Å². The number of rotatable bonds is 7. The number of aromatic nitrogens is 2. The van der Waals surface area contributed by atoms with Crippen molar-refractivity contribution in [3.05, 3.63) is 27.1 Å². The molecule has 2 rings (SSSR count). The van der Waals surface area contributed by atoms with Gasteiger partial charge in [0.1, 0.15) is 4.83 Å². The fraction of sp³-hybridized carbons (Fsp3) is 0.600. The van der Waals surface area contributed by atoms with E-state index < -0.39 is 6.10 Å². The number of nitrogens with zero attached hydrogens (tertiary/aromatic N) is 2. The number of thiophene rings is 1. The topological polar surface area (TPSA) is 64.3 Å². The van der Waals surface area contributed by atoms with Crippen LogP contribution < -0.4 is 5.56 Å². The van der Waals surface area contributed by atoms with Gasteiger partial charge in [0.2, 0.25) is 0 Å². The number of hydrogen-bond acceptors (Lipinski definition) is 5. The highest BCUT2D eigenvalue weighted by molar-refractivity contribution is 7.18. The molecule has 6 heteroatoms. The van der Waals surface area contributed by atoms with Crippen molar-refractivity contribution in [2.75, 3.05) is 13.2 Å². The van der Waals surface area contributed by atoms with Crippen LogP contribution in [0.15, 0.2) is 11.1 Å². The number of unbranched alkanes of at least 4 members (excludes halogenated alkanes) is 1. The average molecular weight is 310 g/mol. The summed E-state index contributed by atoms with van der Waals surface area (Å²) in [6.07, 6.45) is 2.86. The fourth-order valence-electron chi connectivity index (χ4n) is 2.15. The predicted octanol–water partition coefficient (Wildman–Crippen LogP) is 2.25. The van der Waals surface area contributed by atoms with Crippen molar-refractivity contribution in [2.24, 2.45) is 0 Å². The second kappa shape index (κ2) is 7.15. The lowest BCUT2D eigenvalue weighted by Gasteiger charge is -2.12. The molecule has 2 aromatic rings. The zero-order valence-electron chi connectivity index (χ0n) is 12.8. The van der Waals surface area contributed by atoms with E-state index in [4.69, 9.17) is 4.74 Å². The van der Waals surface area contributed by atoms with E-state index in [-0.39, 0.29) is 18.7 Å². The monoisotopic (exact) mass is 310 g/mol. The van der Waals surface area contributed by atoms with Crippen LogP contribution in [-0.4, -0.2) is 34.0 Å². The van der Waals surface area contributed by atoms with Crippen molar-refractivity contribution in [1.29, 1.82) is 0 Å². The number of aliphatic hydroxyl groups is 1. The quantitative estimate of drug-likeness (QED) is 0.797. The average Bonchev–Trinajstić information content (AvgIpc) is 2.74. The highest BCUT2D eigenvalue weighted by Gasteiger charge is 2.14. The molecule has 116 valence electrons. The van der Waals surface area contributed by atoms with E-state index in [0.29, 0.717) is 12.0 Å². The molecule has 1 N–H and O–H groups in total. The summed E-state index contributed by atoms with van der Waals surface area (Å²) in [7, 11) is 0. The zero-order chi connectivity index (χ0) is 15.4. The first kappa shape index (κ1) is 16.1. The first-order chi connectivity index (χ1) is 10.0. The maximum absolute atomic E-state index is 12.5. The molecule has 0 amide bonds. The van der Waals surface area contributed by atoms with E-state index in [1.165, 1.54) is 22.2 Å². The SMILES string of the molecule is CCCCOCC(O)Cn1cnc2sc(C)c(C)c2c1=O. The normalized spacial score (nSPS) is 13.0. The summed E-state index contributed by atoms with van der Waals surface area (Å²) in [6.45, 7) is 7.11. The van der Waals surface area contributed by atoms with E-state index in [0.717, 1.165) is 28.1 Å². The van der Waals surface area contributed by atoms with Gasteiger partial charge in [0.15, 0.2) is 0 Å². The summed E-state index contributed by atoms with van der Waals surface area (Å²) in [5.41, 5.74) is 0.894. The van der Waals surface area contributed by atoms with Gasteiger partial charge >= 0.3 is 0 Å². The maximum Gasteiger partial charge on any atom is 0.262 e. The summed E-state index contributed by atoms with van der Waals surface area (Å²) < 4.78 is 6.85. The Labute approximate surface area is 128 Å². The molecule has 21 heavy (non-hydrogen) atoms. The molecule has 0 aliphatic carbocycles. The van der Waals surface area contributed by atoms with Crippen molar-refractivity contribution >= 4 is 21.6 Å². The van der Waals surface area contributed by atoms with Gasteiger partial charge in [-0.1, -0.05) is 13.3 Å². The Balaban J connectivity index is 2.10. The van der Waals surface area contributed by atoms with Gasteiger partial charge in [-0.15, -0.1) is 11.3 Å². The van der Waals surface area contributed by atoms with Crippen molar-refractivity contribution in [3.63, 3.8) is 0 Å². The Kier molecular flexibility index (Phi) is 5.50. The molecule has 0 aromatic carbocycles. The minimum atomic E-state index is -0.696. The third kappa shape index (κ3) is 3.70. The van der Waals surface area contributed by atoms with E-state index in [1.807, 2.05) is 13.8 Å². The number of hydrogen-bond donors (Lipinski definition) is 1. The van der Waals surface area contributed by atoms with Gasteiger partial charge in [-0.3, -0.25) is 9.36 Å². The standard InChI is InChI=1S/C15H22N2O3S/c1-4-5-6-20-8-12(18)7-17-9-16-14-13(15(17)19)10(2)11(3)21-14/h9,12,18H,4-8H2,1-3H3. The number of aryl methyl sites for hydroxylation is 2. The Morgan fingerprint density at radius 2 is 2.24 bits per heavy atom. The molecular formula is C15H22N2O3S. The van der Waals surface area contributed by atoms with Crippen molar-refractivity contribution in [3.8, 4) is 0 Å². The largest absolute Gasteiger partial charge is 0.389 e. The second-order valence-corrected chi connectivity index (χ2v) is 6.45. The predicted molar refractivity (Wildman–Crippen MR) is 85.1 cm³/mol. The van der Waals surface area contributed by atoms with Crippen LogP contribution in [0.1, 0.15) is 30.2 Å². The summed E-state index contributed by atoms with van der Waals surface area (Å²) in [5.74, 6) is 0. The van der Waals surface area contributed by atoms with Crippen LogP contribution in [-0.2, 0) is 11.3 Å². The highest BCUT2D eigenvalue weighted by Crippen LogP contribution is 2.25. The fourth-order valence-corrected chi connectivity index (χ4v) is 3.13. The van der Waals surface area contributed by atoms with Gasteiger partial charge < -0.3 is 9.84 Å². The minimum absolute atomic E-state index is 0.0885. The summed E-state index contributed by atoms with van der Waals surface area (Å²) >= 11 is 1.53. The van der Waals surface area contributed by atoms with Gasteiger partial charge in [0.25, 0.3) is 5.56 Å². The Morgan fingerprint density at radius 3 is 2.95 bits per heavy atom. The third-order valence-electron chi connectivity index (χ3n) is 3.52. The van der Waals surface area contributed by atoms with Gasteiger partial charge in [-0.05, 0) is 25.8 Å². The van der Waals surface area contributed by atoms with Crippen molar-refractivity contribution in [1.82, 2.24) is 9.55 Å². The molecule has 0 fully saturated rings. The Hall–Kier alpha value is -1.24. The molecule has 0 spiro atoms. The summed E-state index contributed by atoms with van der Waals surface area (Å²) in [5, 5.41) is 10.6. The molecule has 0 radical (unpaired) electrons. The van der Waals surface area contributed by atoms with Crippen molar-refractivity contribution in [2.45, 2.75) is 46.3 Å². The van der Waals surface area contributed by atoms with Gasteiger partial charge in [0, 0.05) is 11.5 Å². The molecular weight excluding hydrogens is 288 g/mol. The molecule has 2 aromatic heterocycles. The lowest BCUT2D eigenvalue weighted by atomic mass is 10.2. The summed E-state index contributed by atoms with van der Waals surface area (Å²) in [4.78, 5) is 18.6. The molecule has 0 saturated carbocycles. The van der Waals surface area contributed by atoms with E-state index >= 15 is 0 Å². The Bertz CT molecular complexity index is 663. The lowest BCUT2D eigenvalue weighted by Crippen LogP contribution is -2.29. The number of fused-ring (bicyclic) bond motifs is 1. The molecule has 0 aliphatic heterocycles. The number of ether oxygens (including phenoxy) is 1. The van der Waals surface area contributed by atoms with Gasteiger partial charge in [0.05, 0.1) is 31.0 Å². The second-order valence-electron chi connectivity index (χ2n) is 5.25. The highest BCUT2D eigenvalue weighted by atomic mass is 32.1. The molecule has 2 heterocycles. The van der Waals surface area contributed by atoms with Gasteiger partial charge in [-0.2, -0.15) is 0 Å². The third-order valence-corrected chi connectivity index (χ3v) is 4.63. The first-order valence-electron chi connectivity index (χ1n) is 7.25. The molecule has 0 bridgehead atoms. The van der Waals surface area contributed by atoms with E-state index in [1.54, 1.807) is 0 Å². The maximum atomic E-state index is 12.5. The van der Waals surface area contributed by atoms with Crippen LogP contribution in [0.25, 0.3) is 10.2 Å². The molecule has 0 saturated heterocycles. The molecule has 5 nitrogen and oxygen atoms in total. The Morgan fingerprint density at radius 1 is 1.48 bits per heavy atom. The number of aliphatic hydroxyl groups excluding tert-OH is 1. The summed E-state index contributed by atoms with van der Waals surface area (Å²) in [6, 6.07) is 0. The van der Waals surface area contributed by atoms with Crippen molar-refractivity contribution < 1.29 is 9.84 Å². The molecule has 1 unspecified atom stereocenters. The van der Waals surface area contributed by atoms with E-state index in [2.05, 4.69) is 11.9 Å². The molecule has 0 aliphatic rings. The van der Waals surface area contributed by atoms with Crippen LogP contribution in [0.3, 0.4) is 0 Å². The molecule has 1 atom stereocenters. The van der Waals surface area contributed by atoms with Crippen LogP contribution in [0.2, 0.25) is 0 Å². The van der Waals surface area contributed by atoms with Crippen LogP contribution in [0.5, 0.6) is 0 Å². The lowest BCUT2D eigenvalue weighted by molar-refractivity contribution is 0.0265. The van der Waals surface area contributed by atoms with Crippen LogP contribution in [0, 0.1) is 13.8 Å². The smallest absolute Gasteiger partial charge is 0.262 e. The van der Waals surface area contributed by atoms with E-state index in [9.17, 15) is 9.90 Å². The minimum Gasteiger partial charge on any atom is -0.389 e. The van der Waals surface area contributed by atoms with Crippen LogP contribution in [0.4, 0.5) is 0 Å². The first-order valence-corrected chi connectivity index (χ1v) is 8.07. The van der Waals surface area contributed by atoms with Gasteiger partial charge in [-0.25, -0.2) is 4.98 Å².